The fraction of sp³-hybridized carbons (Fsp3) is 0.0323. The molecule has 10 heteroatoms. The second kappa shape index (κ2) is 11.1. The van der Waals surface area contributed by atoms with Crippen LogP contribution in [-0.4, -0.2) is 28.4 Å². The van der Waals surface area contributed by atoms with Crippen LogP contribution in [0.1, 0.15) is 5.56 Å². The molecule has 0 atom stereocenters. The van der Waals surface area contributed by atoms with Crippen molar-refractivity contribution in [3.8, 4) is 17.3 Å². The van der Waals surface area contributed by atoms with Crippen molar-refractivity contribution >= 4 is 51.3 Å². The van der Waals surface area contributed by atoms with Gasteiger partial charge in [-0.2, -0.15) is 9.78 Å². The van der Waals surface area contributed by atoms with Crippen LogP contribution >= 0.6 is 11.6 Å². The molecule has 0 aliphatic rings. The van der Waals surface area contributed by atoms with Gasteiger partial charge in [0.05, 0.1) is 17.1 Å². The number of hydrogen-bond acceptors (Lipinski definition) is 6. The summed E-state index contributed by atoms with van der Waals surface area (Å²) in [4.78, 5) is 30.2. The van der Waals surface area contributed by atoms with Crippen molar-refractivity contribution in [3.05, 3.63) is 124 Å². The summed E-state index contributed by atoms with van der Waals surface area (Å²) in [5, 5.41) is 8.76. The van der Waals surface area contributed by atoms with Crippen LogP contribution in [-0.2, 0) is 4.79 Å². The largest absolute Gasteiger partial charge is 0.484 e. The lowest BCUT2D eigenvalue weighted by molar-refractivity contribution is -0.118. The summed E-state index contributed by atoms with van der Waals surface area (Å²) in [6.07, 6.45) is 1.52. The predicted octanol–water partition coefficient (Wildman–Crippen LogP) is 6.50. The maximum atomic E-state index is 13.4. The number of halogens is 2. The predicted molar refractivity (Wildman–Crippen MR) is 156 cm³/mol. The number of ether oxygens (including phenoxy) is 1. The summed E-state index contributed by atoms with van der Waals surface area (Å²) in [7, 11) is 0. The van der Waals surface area contributed by atoms with Crippen LogP contribution in [0.25, 0.3) is 33.5 Å². The number of anilines is 1. The quantitative estimate of drug-likeness (QED) is 0.222. The van der Waals surface area contributed by atoms with E-state index in [4.69, 9.17) is 20.8 Å². The number of carbonyl (C=O) groups is 1. The number of carbonyl (C=O) groups excluding carboxylic acids is 1. The van der Waals surface area contributed by atoms with Gasteiger partial charge in [-0.05, 0) is 84.4 Å². The Bertz CT molecular complexity index is 2000. The normalized spacial score (nSPS) is 11.4. The first-order chi connectivity index (χ1) is 19.9. The molecule has 0 spiro atoms. The average molecular weight is 567 g/mol. The molecule has 202 valence electrons. The Morgan fingerprint density at radius 3 is 2.68 bits per heavy atom. The van der Waals surface area contributed by atoms with Gasteiger partial charge in [0.15, 0.2) is 12.4 Å². The second-order valence-corrected chi connectivity index (χ2v) is 9.46. The number of nitrogens with one attached hydrogen (secondary N) is 1. The Balaban J connectivity index is 1.24. The van der Waals surface area contributed by atoms with Crippen molar-refractivity contribution in [2.24, 2.45) is 5.10 Å². The van der Waals surface area contributed by atoms with E-state index >= 15 is 0 Å². The Kier molecular flexibility index (Phi) is 7.01. The fourth-order valence-corrected chi connectivity index (χ4v) is 4.38. The molecule has 0 bridgehead atoms. The molecular formula is C31H20ClFN4O4. The molecule has 1 N–H and O–H groups in total. The van der Waals surface area contributed by atoms with E-state index in [0.29, 0.717) is 44.3 Å². The van der Waals surface area contributed by atoms with Gasteiger partial charge >= 0.3 is 0 Å². The highest BCUT2D eigenvalue weighted by atomic mass is 35.5. The van der Waals surface area contributed by atoms with Gasteiger partial charge in [0.1, 0.15) is 17.1 Å². The zero-order chi connectivity index (χ0) is 28.3. The van der Waals surface area contributed by atoms with E-state index in [2.05, 4.69) is 15.4 Å². The van der Waals surface area contributed by atoms with Crippen LogP contribution in [0, 0.1) is 5.82 Å². The minimum Gasteiger partial charge on any atom is -0.484 e. The Hall–Kier alpha value is -5.28. The van der Waals surface area contributed by atoms with E-state index in [1.807, 2.05) is 0 Å². The number of aromatic nitrogens is 2. The first-order valence-electron chi connectivity index (χ1n) is 12.5. The monoisotopic (exact) mass is 566 g/mol. The number of furan rings is 1. The summed E-state index contributed by atoms with van der Waals surface area (Å²) in [5.74, 6) is 0.175. The zero-order valence-electron chi connectivity index (χ0n) is 21.3. The molecule has 1 amide bonds. The van der Waals surface area contributed by atoms with E-state index in [1.54, 1.807) is 78.9 Å². The van der Waals surface area contributed by atoms with Gasteiger partial charge < -0.3 is 14.5 Å². The maximum absolute atomic E-state index is 13.4. The summed E-state index contributed by atoms with van der Waals surface area (Å²) >= 11 is 6.13. The van der Waals surface area contributed by atoms with Gasteiger partial charge in [0.2, 0.25) is 5.82 Å². The number of para-hydroxylation sites is 1. The van der Waals surface area contributed by atoms with Crippen LogP contribution in [0.3, 0.4) is 0 Å². The summed E-state index contributed by atoms with van der Waals surface area (Å²) < 4.78 is 26.0. The Morgan fingerprint density at radius 1 is 1.02 bits per heavy atom. The third kappa shape index (κ3) is 5.70. The van der Waals surface area contributed by atoms with Gasteiger partial charge in [0, 0.05) is 16.1 Å². The van der Waals surface area contributed by atoms with Gasteiger partial charge in [-0.3, -0.25) is 9.59 Å². The van der Waals surface area contributed by atoms with E-state index in [0.717, 1.165) is 5.39 Å². The topological polar surface area (TPSA) is 98.7 Å². The molecule has 4 aromatic carbocycles. The van der Waals surface area contributed by atoms with Crippen molar-refractivity contribution in [2.75, 3.05) is 11.9 Å². The van der Waals surface area contributed by atoms with Gasteiger partial charge in [-0.15, -0.1) is 0 Å². The highest BCUT2D eigenvalue weighted by Crippen LogP contribution is 2.29. The standard InChI is InChI=1S/C31H20ClFN4O4/c32-21-10-13-27-20(14-21)15-28(41-27)30-36-26-7-2-1-6-25(26)31(39)37(30)34-17-19-8-11-24(12-9-19)40-18-29(38)35-23-5-3-4-22(33)16-23/h1-17H,18H2,(H,35,38). The maximum Gasteiger partial charge on any atom is 0.282 e. The molecule has 41 heavy (non-hydrogen) atoms. The third-order valence-electron chi connectivity index (χ3n) is 6.13. The average Bonchev–Trinajstić information content (AvgIpc) is 3.39. The van der Waals surface area contributed by atoms with Crippen molar-refractivity contribution < 1.29 is 18.3 Å². The Morgan fingerprint density at radius 2 is 1.85 bits per heavy atom. The van der Waals surface area contributed by atoms with Crippen molar-refractivity contribution in [1.29, 1.82) is 0 Å². The lowest BCUT2D eigenvalue weighted by Crippen LogP contribution is -2.20. The molecule has 2 aromatic heterocycles. The molecule has 6 aromatic rings. The number of nitrogens with zero attached hydrogens (tertiary/aromatic N) is 3. The Labute approximate surface area is 237 Å². The fourth-order valence-electron chi connectivity index (χ4n) is 4.20. The van der Waals surface area contributed by atoms with Crippen LogP contribution in [0.5, 0.6) is 5.75 Å². The minimum atomic E-state index is -0.447. The summed E-state index contributed by atoms with van der Waals surface area (Å²) in [6, 6.07) is 26.4. The van der Waals surface area contributed by atoms with Gasteiger partial charge in [-0.25, -0.2) is 9.37 Å². The zero-order valence-corrected chi connectivity index (χ0v) is 22.0. The van der Waals surface area contributed by atoms with Crippen LogP contribution < -0.4 is 15.6 Å². The first kappa shape index (κ1) is 26.0. The second-order valence-electron chi connectivity index (χ2n) is 9.02. The smallest absolute Gasteiger partial charge is 0.282 e. The first-order valence-corrected chi connectivity index (χ1v) is 12.8. The molecule has 0 unspecified atom stereocenters. The third-order valence-corrected chi connectivity index (χ3v) is 6.37. The molecule has 6 rings (SSSR count). The van der Waals surface area contributed by atoms with Gasteiger partial charge in [0.25, 0.3) is 11.5 Å². The molecular weight excluding hydrogens is 547 g/mol. The molecule has 0 saturated carbocycles. The van der Waals surface area contributed by atoms with Crippen molar-refractivity contribution in [2.45, 2.75) is 0 Å². The van der Waals surface area contributed by atoms with Crippen LogP contribution in [0.2, 0.25) is 5.02 Å². The van der Waals surface area contributed by atoms with Gasteiger partial charge in [-0.1, -0.05) is 29.8 Å². The number of rotatable bonds is 7. The van der Waals surface area contributed by atoms with Crippen LogP contribution in [0.15, 0.2) is 111 Å². The molecule has 0 aliphatic carbocycles. The SMILES string of the molecule is O=C(COc1ccc(C=Nn2c(-c3cc4cc(Cl)ccc4o3)nc3ccccc3c2=O)cc1)Nc1cccc(F)c1. The molecule has 0 fully saturated rings. The molecule has 0 saturated heterocycles. The summed E-state index contributed by atoms with van der Waals surface area (Å²) in [5.41, 5.74) is 1.77. The summed E-state index contributed by atoms with van der Waals surface area (Å²) in [6.45, 7) is -0.256. The molecule has 8 nitrogen and oxygen atoms in total. The van der Waals surface area contributed by atoms with Crippen molar-refractivity contribution in [1.82, 2.24) is 9.66 Å². The molecule has 2 heterocycles. The van der Waals surface area contributed by atoms with E-state index in [-0.39, 0.29) is 18.0 Å². The number of fused-ring (bicyclic) bond motifs is 2. The van der Waals surface area contributed by atoms with Crippen molar-refractivity contribution in [3.63, 3.8) is 0 Å². The van der Waals surface area contributed by atoms with E-state index in [9.17, 15) is 14.0 Å². The van der Waals surface area contributed by atoms with E-state index < -0.39 is 11.7 Å². The highest BCUT2D eigenvalue weighted by Gasteiger charge is 2.16. The number of benzene rings is 4. The molecule has 0 aliphatic heterocycles. The van der Waals surface area contributed by atoms with Crippen LogP contribution in [0.4, 0.5) is 10.1 Å². The molecule has 0 radical (unpaired) electrons. The number of hydrogen-bond donors (Lipinski definition) is 1. The lowest BCUT2D eigenvalue weighted by Gasteiger charge is -2.08. The minimum absolute atomic E-state index is 0.238. The highest BCUT2D eigenvalue weighted by molar-refractivity contribution is 6.31. The lowest BCUT2D eigenvalue weighted by atomic mass is 10.2. The van der Waals surface area contributed by atoms with E-state index in [1.165, 1.54) is 29.1 Å². The number of amides is 1.